The fourth-order valence-electron chi connectivity index (χ4n) is 3.92. The third kappa shape index (κ3) is 3.47. The van der Waals surface area contributed by atoms with Crippen LogP contribution >= 0.6 is 0 Å². The summed E-state index contributed by atoms with van der Waals surface area (Å²) < 4.78 is 11.6. The first-order valence-corrected chi connectivity index (χ1v) is 8.11. The summed E-state index contributed by atoms with van der Waals surface area (Å²) in [7, 11) is 0. The highest BCUT2D eigenvalue weighted by atomic mass is 16.6. The molecule has 2 N–H and O–H groups in total. The van der Waals surface area contributed by atoms with Gasteiger partial charge in [0.15, 0.2) is 0 Å². The van der Waals surface area contributed by atoms with Gasteiger partial charge in [-0.2, -0.15) is 0 Å². The van der Waals surface area contributed by atoms with Crippen molar-refractivity contribution in [3.05, 3.63) is 34.9 Å². The summed E-state index contributed by atoms with van der Waals surface area (Å²) >= 11 is 0. The summed E-state index contributed by atoms with van der Waals surface area (Å²) in [6.07, 6.45) is 4.12. The van der Waals surface area contributed by atoms with E-state index in [4.69, 9.17) is 15.2 Å². The molecule has 0 radical (unpaired) electrons. The van der Waals surface area contributed by atoms with Crippen LogP contribution in [0.15, 0.2) is 18.2 Å². The predicted octanol–water partition coefficient (Wildman–Crippen LogP) is 2.76. The van der Waals surface area contributed by atoms with E-state index < -0.39 is 0 Å². The molecule has 0 amide bonds. The Hall–Kier alpha value is -0.900. The second-order valence-corrected chi connectivity index (χ2v) is 6.95. The van der Waals surface area contributed by atoms with Gasteiger partial charge in [0.05, 0.1) is 12.2 Å². The number of aryl methyl sites for hydroxylation is 2. The van der Waals surface area contributed by atoms with Gasteiger partial charge < -0.3 is 15.2 Å². The van der Waals surface area contributed by atoms with E-state index in [2.05, 4.69) is 32.0 Å². The van der Waals surface area contributed by atoms with Crippen LogP contribution in [0.5, 0.6) is 0 Å². The molecule has 2 fully saturated rings. The molecule has 0 bridgehead atoms. The van der Waals surface area contributed by atoms with E-state index in [1.165, 1.54) is 16.7 Å². The molecule has 3 nitrogen and oxygen atoms in total. The van der Waals surface area contributed by atoms with Crippen molar-refractivity contribution in [2.75, 3.05) is 19.8 Å². The van der Waals surface area contributed by atoms with E-state index in [0.717, 1.165) is 45.5 Å². The number of ether oxygens (including phenoxy) is 2. The Morgan fingerprint density at radius 1 is 1.24 bits per heavy atom. The molecule has 0 aromatic heterocycles. The van der Waals surface area contributed by atoms with Crippen LogP contribution < -0.4 is 5.73 Å². The minimum atomic E-state index is -0.0386. The van der Waals surface area contributed by atoms with Gasteiger partial charge in [-0.3, -0.25) is 0 Å². The second kappa shape index (κ2) is 6.07. The predicted molar refractivity (Wildman–Crippen MR) is 84.4 cm³/mol. The van der Waals surface area contributed by atoms with Crippen LogP contribution in [0.3, 0.4) is 0 Å². The van der Waals surface area contributed by atoms with Crippen molar-refractivity contribution in [2.24, 2.45) is 11.7 Å². The Balaban J connectivity index is 1.65. The molecule has 1 spiro atoms. The number of benzene rings is 1. The molecule has 3 rings (SSSR count). The summed E-state index contributed by atoms with van der Waals surface area (Å²) in [5.74, 6) is 0.543. The van der Waals surface area contributed by atoms with Crippen LogP contribution in [0.2, 0.25) is 0 Å². The van der Waals surface area contributed by atoms with E-state index in [-0.39, 0.29) is 11.6 Å². The van der Waals surface area contributed by atoms with E-state index >= 15 is 0 Å². The molecule has 1 aromatic rings. The third-order valence-electron chi connectivity index (χ3n) is 4.96. The highest BCUT2D eigenvalue weighted by Crippen LogP contribution is 2.37. The molecule has 3 heteroatoms. The van der Waals surface area contributed by atoms with Gasteiger partial charge in [-0.05, 0) is 44.6 Å². The lowest BCUT2D eigenvalue weighted by Crippen LogP contribution is -2.46. The van der Waals surface area contributed by atoms with Gasteiger partial charge in [-0.15, -0.1) is 0 Å². The molecule has 2 heterocycles. The maximum Gasteiger partial charge on any atom is 0.0939 e. The SMILES string of the molecule is Cc1cc(C)cc(CC(N)C2CCOC3(CCOC3)C2)c1. The highest BCUT2D eigenvalue weighted by molar-refractivity contribution is 5.29. The Labute approximate surface area is 127 Å². The average molecular weight is 289 g/mol. The molecule has 2 aliphatic heterocycles. The molecule has 3 unspecified atom stereocenters. The lowest BCUT2D eigenvalue weighted by Gasteiger charge is -2.39. The van der Waals surface area contributed by atoms with E-state index in [1.54, 1.807) is 0 Å². The monoisotopic (exact) mass is 289 g/mol. The van der Waals surface area contributed by atoms with Gasteiger partial charge in [0.1, 0.15) is 0 Å². The maximum absolute atomic E-state index is 6.54. The molecular formula is C18H27NO2. The highest BCUT2D eigenvalue weighted by Gasteiger charge is 2.42. The summed E-state index contributed by atoms with van der Waals surface area (Å²) in [4.78, 5) is 0. The lowest BCUT2D eigenvalue weighted by molar-refractivity contribution is -0.101. The minimum Gasteiger partial charge on any atom is -0.378 e. The topological polar surface area (TPSA) is 44.5 Å². The van der Waals surface area contributed by atoms with Crippen molar-refractivity contribution in [1.29, 1.82) is 0 Å². The first kappa shape index (κ1) is 15.0. The number of nitrogens with two attached hydrogens (primary N) is 1. The second-order valence-electron chi connectivity index (χ2n) is 6.95. The summed E-state index contributed by atoms with van der Waals surface area (Å²) in [6.45, 7) is 6.72. The first-order chi connectivity index (χ1) is 10.1. The summed E-state index contributed by atoms with van der Waals surface area (Å²) in [5.41, 5.74) is 10.5. The van der Waals surface area contributed by atoms with Crippen LogP contribution in [-0.2, 0) is 15.9 Å². The molecule has 1 aromatic carbocycles. The van der Waals surface area contributed by atoms with Gasteiger partial charge >= 0.3 is 0 Å². The van der Waals surface area contributed by atoms with Crippen molar-refractivity contribution < 1.29 is 9.47 Å². The number of rotatable bonds is 3. The van der Waals surface area contributed by atoms with Crippen molar-refractivity contribution in [1.82, 2.24) is 0 Å². The standard InChI is InChI=1S/C18H27NO2/c1-13-7-14(2)9-15(8-13)10-17(19)16-3-5-21-18(11-16)4-6-20-12-18/h7-9,16-17H,3-6,10-12,19H2,1-2H3. The zero-order valence-electron chi connectivity index (χ0n) is 13.2. The molecule has 21 heavy (non-hydrogen) atoms. The van der Waals surface area contributed by atoms with Crippen LogP contribution in [0.25, 0.3) is 0 Å². The zero-order valence-corrected chi connectivity index (χ0v) is 13.2. The average Bonchev–Trinajstić information content (AvgIpc) is 2.85. The maximum atomic E-state index is 6.54. The molecule has 2 saturated heterocycles. The van der Waals surface area contributed by atoms with Gasteiger partial charge in [-0.1, -0.05) is 29.3 Å². The summed E-state index contributed by atoms with van der Waals surface area (Å²) in [5, 5.41) is 0. The Bertz CT molecular complexity index is 474. The van der Waals surface area contributed by atoms with Gasteiger partial charge in [0.2, 0.25) is 0 Å². The molecule has 0 aliphatic carbocycles. The normalized spacial score (nSPS) is 30.7. The molecule has 2 aliphatic rings. The van der Waals surface area contributed by atoms with Gasteiger partial charge in [0, 0.05) is 25.7 Å². The van der Waals surface area contributed by atoms with Crippen molar-refractivity contribution in [3.63, 3.8) is 0 Å². The third-order valence-corrected chi connectivity index (χ3v) is 4.96. The fraction of sp³-hybridized carbons (Fsp3) is 0.667. The van der Waals surface area contributed by atoms with E-state index in [1.807, 2.05) is 0 Å². The summed E-state index contributed by atoms with van der Waals surface area (Å²) in [6, 6.07) is 6.96. The van der Waals surface area contributed by atoms with E-state index in [0.29, 0.717) is 5.92 Å². The van der Waals surface area contributed by atoms with Gasteiger partial charge in [-0.25, -0.2) is 0 Å². The Morgan fingerprint density at radius 2 is 2.00 bits per heavy atom. The molecule has 3 atom stereocenters. The minimum absolute atomic E-state index is 0.0386. The lowest BCUT2D eigenvalue weighted by atomic mass is 9.79. The van der Waals surface area contributed by atoms with Crippen LogP contribution in [-0.4, -0.2) is 31.5 Å². The van der Waals surface area contributed by atoms with Crippen LogP contribution in [0.4, 0.5) is 0 Å². The smallest absolute Gasteiger partial charge is 0.0939 e. The first-order valence-electron chi connectivity index (χ1n) is 8.11. The molecule has 0 saturated carbocycles. The number of hydrogen-bond acceptors (Lipinski definition) is 3. The molecule has 116 valence electrons. The Kier molecular flexibility index (Phi) is 4.34. The van der Waals surface area contributed by atoms with Crippen molar-refractivity contribution in [3.8, 4) is 0 Å². The quantitative estimate of drug-likeness (QED) is 0.930. The fourth-order valence-corrected chi connectivity index (χ4v) is 3.92. The van der Waals surface area contributed by atoms with Crippen molar-refractivity contribution >= 4 is 0 Å². The van der Waals surface area contributed by atoms with E-state index in [9.17, 15) is 0 Å². The Morgan fingerprint density at radius 3 is 2.67 bits per heavy atom. The zero-order chi connectivity index (χ0) is 14.9. The largest absolute Gasteiger partial charge is 0.378 e. The van der Waals surface area contributed by atoms with Crippen molar-refractivity contribution in [2.45, 2.75) is 51.2 Å². The van der Waals surface area contributed by atoms with Gasteiger partial charge in [0.25, 0.3) is 0 Å². The van der Waals surface area contributed by atoms with Crippen LogP contribution in [0.1, 0.15) is 36.0 Å². The van der Waals surface area contributed by atoms with Crippen LogP contribution in [0, 0.1) is 19.8 Å². The number of hydrogen-bond donors (Lipinski definition) is 1. The molecular weight excluding hydrogens is 262 g/mol.